The number of amides is 1. The summed E-state index contributed by atoms with van der Waals surface area (Å²) in [7, 11) is -1.68. The van der Waals surface area contributed by atoms with E-state index in [4.69, 9.17) is 10.0 Å². The molecular weight excluding hydrogens is 188 g/mol. The van der Waals surface area contributed by atoms with Gasteiger partial charge in [0.15, 0.2) is 0 Å². The molecule has 74 valence electrons. The Balaban J connectivity index is 3.02. The predicted octanol–water partition coefficient (Wildman–Crippen LogP) is -0.536. The smallest absolute Gasteiger partial charge is 0.423 e. The lowest BCUT2D eigenvalue weighted by Gasteiger charge is -2.06. The van der Waals surface area contributed by atoms with Crippen molar-refractivity contribution < 1.29 is 19.2 Å². The van der Waals surface area contributed by atoms with E-state index in [2.05, 4.69) is 5.32 Å². The standard InChI is InChI=1S/C8H9BFNO3/c1-5(12)11-8-4-6(9(13)14)2-3-7(8)10/h2-4,13-14H,1H3,(H,11,12). The van der Waals surface area contributed by atoms with Crippen LogP contribution in [-0.4, -0.2) is 23.1 Å². The Labute approximate surface area is 80.5 Å². The Morgan fingerprint density at radius 2 is 2.14 bits per heavy atom. The highest BCUT2D eigenvalue weighted by Crippen LogP contribution is 2.11. The van der Waals surface area contributed by atoms with Gasteiger partial charge in [-0.05, 0) is 17.6 Å². The third-order valence-electron chi connectivity index (χ3n) is 1.60. The molecule has 0 aromatic heterocycles. The van der Waals surface area contributed by atoms with Crippen LogP contribution in [0.1, 0.15) is 6.92 Å². The van der Waals surface area contributed by atoms with E-state index in [9.17, 15) is 9.18 Å². The fourth-order valence-corrected chi connectivity index (χ4v) is 0.989. The minimum absolute atomic E-state index is 0.0666. The summed E-state index contributed by atoms with van der Waals surface area (Å²) in [4.78, 5) is 10.6. The molecule has 6 heteroatoms. The van der Waals surface area contributed by atoms with Crippen molar-refractivity contribution in [1.82, 2.24) is 0 Å². The Morgan fingerprint density at radius 1 is 1.50 bits per heavy atom. The van der Waals surface area contributed by atoms with Gasteiger partial charge in [0.05, 0.1) is 5.69 Å². The minimum Gasteiger partial charge on any atom is -0.423 e. The third-order valence-corrected chi connectivity index (χ3v) is 1.60. The van der Waals surface area contributed by atoms with Gasteiger partial charge in [0.25, 0.3) is 0 Å². The van der Waals surface area contributed by atoms with Crippen molar-refractivity contribution in [2.75, 3.05) is 5.32 Å². The van der Waals surface area contributed by atoms with Crippen LogP contribution in [0.15, 0.2) is 18.2 Å². The molecule has 0 aliphatic heterocycles. The predicted molar refractivity (Wildman–Crippen MR) is 50.5 cm³/mol. The molecule has 1 amide bonds. The van der Waals surface area contributed by atoms with Crippen LogP contribution in [0.25, 0.3) is 0 Å². The summed E-state index contributed by atoms with van der Waals surface area (Å²) in [5.74, 6) is -1.04. The highest BCUT2D eigenvalue weighted by molar-refractivity contribution is 6.58. The zero-order valence-electron chi connectivity index (χ0n) is 7.49. The summed E-state index contributed by atoms with van der Waals surface area (Å²) in [5, 5.41) is 19.8. The number of hydrogen-bond acceptors (Lipinski definition) is 3. The summed E-state index contributed by atoms with van der Waals surface area (Å²) < 4.78 is 13.0. The van der Waals surface area contributed by atoms with Crippen molar-refractivity contribution in [3.05, 3.63) is 24.0 Å². The van der Waals surface area contributed by atoms with E-state index in [0.29, 0.717) is 0 Å². The number of benzene rings is 1. The molecule has 0 unspecified atom stereocenters. The fourth-order valence-electron chi connectivity index (χ4n) is 0.989. The normalized spacial score (nSPS) is 9.71. The number of nitrogens with one attached hydrogen (secondary N) is 1. The number of carbonyl (C=O) groups is 1. The number of hydrogen-bond donors (Lipinski definition) is 3. The molecule has 0 fully saturated rings. The summed E-state index contributed by atoms with van der Waals surface area (Å²) in [5.41, 5.74) is 0.0539. The van der Waals surface area contributed by atoms with Gasteiger partial charge in [-0.25, -0.2) is 4.39 Å². The average Bonchev–Trinajstić information content (AvgIpc) is 2.07. The highest BCUT2D eigenvalue weighted by Gasteiger charge is 2.13. The first-order chi connectivity index (χ1) is 6.50. The van der Waals surface area contributed by atoms with Crippen LogP contribution in [0.2, 0.25) is 0 Å². The number of halogens is 1. The van der Waals surface area contributed by atoms with E-state index in [1.807, 2.05) is 0 Å². The number of carbonyl (C=O) groups excluding carboxylic acids is 1. The van der Waals surface area contributed by atoms with Gasteiger partial charge in [-0.3, -0.25) is 4.79 Å². The zero-order chi connectivity index (χ0) is 10.7. The van der Waals surface area contributed by atoms with E-state index in [1.54, 1.807) is 0 Å². The molecule has 1 aromatic rings. The molecule has 0 spiro atoms. The third kappa shape index (κ3) is 2.55. The van der Waals surface area contributed by atoms with Crippen molar-refractivity contribution in [2.45, 2.75) is 6.92 Å². The molecule has 1 rings (SSSR count). The van der Waals surface area contributed by atoms with Gasteiger partial charge in [-0.1, -0.05) is 6.07 Å². The second-order valence-electron chi connectivity index (χ2n) is 2.79. The van der Waals surface area contributed by atoms with Crippen LogP contribution in [0.3, 0.4) is 0 Å². The van der Waals surface area contributed by atoms with Crippen LogP contribution in [0.4, 0.5) is 10.1 Å². The molecule has 14 heavy (non-hydrogen) atoms. The SMILES string of the molecule is CC(=O)Nc1cc(B(O)O)ccc1F. The van der Waals surface area contributed by atoms with Gasteiger partial charge >= 0.3 is 7.12 Å². The monoisotopic (exact) mass is 197 g/mol. The van der Waals surface area contributed by atoms with Crippen LogP contribution >= 0.6 is 0 Å². The topological polar surface area (TPSA) is 69.6 Å². The first-order valence-electron chi connectivity index (χ1n) is 3.94. The molecule has 3 N–H and O–H groups in total. The molecule has 0 saturated heterocycles. The summed E-state index contributed by atoms with van der Waals surface area (Å²) >= 11 is 0. The molecule has 0 heterocycles. The molecule has 1 aromatic carbocycles. The van der Waals surface area contributed by atoms with Crippen LogP contribution in [0.5, 0.6) is 0 Å². The van der Waals surface area contributed by atoms with Gasteiger partial charge in [0, 0.05) is 6.92 Å². The van der Waals surface area contributed by atoms with Crippen LogP contribution < -0.4 is 10.8 Å². The molecule has 0 radical (unpaired) electrons. The van der Waals surface area contributed by atoms with Gasteiger partial charge in [-0.2, -0.15) is 0 Å². The fraction of sp³-hybridized carbons (Fsp3) is 0.125. The Morgan fingerprint density at radius 3 is 2.64 bits per heavy atom. The molecular formula is C8H9BFNO3. The largest absolute Gasteiger partial charge is 0.488 e. The van der Waals surface area contributed by atoms with E-state index in [-0.39, 0.29) is 11.2 Å². The Hall–Kier alpha value is -1.40. The van der Waals surface area contributed by atoms with Crippen molar-refractivity contribution in [3.63, 3.8) is 0 Å². The second-order valence-corrected chi connectivity index (χ2v) is 2.79. The lowest BCUT2D eigenvalue weighted by Crippen LogP contribution is -2.30. The molecule has 0 atom stereocenters. The van der Waals surface area contributed by atoms with Crippen molar-refractivity contribution in [1.29, 1.82) is 0 Å². The summed E-state index contributed by atoms with van der Waals surface area (Å²) in [6.07, 6.45) is 0. The summed E-state index contributed by atoms with van der Waals surface area (Å²) in [6, 6.07) is 3.45. The van der Waals surface area contributed by atoms with Crippen molar-refractivity contribution >= 4 is 24.2 Å². The summed E-state index contributed by atoms with van der Waals surface area (Å²) in [6.45, 7) is 1.24. The molecule has 4 nitrogen and oxygen atoms in total. The molecule has 0 aliphatic carbocycles. The van der Waals surface area contributed by atoms with Crippen molar-refractivity contribution in [3.8, 4) is 0 Å². The highest BCUT2D eigenvalue weighted by atomic mass is 19.1. The van der Waals surface area contributed by atoms with Crippen LogP contribution in [0, 0.1) is 5.82 Å². The van der Waals surface area contributed by atoms with E-state index in [0.717, 1.165) is 6.07 Å². The number of rotatable bonds is 2. The zero-order valence-corrected chi connectivity index (χ0v) is 7.49. The van der Waals surface area contributed by atoms with Gasteiger partial charge < -0.3 is 15.4 Å². The van der Waals surface area contributed by atoms with Gasteiger partial charge in [0.1, 0.15) is 5.82 Å². The quantitative estimate of drug-likeness (QED) is 0.558. The average molecular weight is 197 g/mol. The Bertz CT molecular complexity index is 356. The van der Waals surface area contributed by atoms with Crippen molar-refractivity contribution in [2.24, 2.45) is 0 Å². The maximum atomic E-state index is 13.0. The Kier molecular flexibility index (Phi) is 3.21. The molecule has 0 saturated carbocycles. The first kappa shape index (κ1) is 10.7. The van der Waals surface area contributed by atoms with Gasteiger partial charge in [-0.15, -0.1) is 0 Å². The number of anilines is 1. The lowest BCUT2D eigenvalue weighted by atomic mass is 9.80. The lowest BCUT2D eigenvalue weighted by molar-refractivity contribution is -0.114. The minimum atomic E-state index is -1.68. The van der Waals surface area contributed by atoms with E-state index >= 15 is 0 Å². The van der Waals surface area contributed by atoms with Crippen LogP contribution in [-0.2, 0) is 4.79 Å². The maximum Gasteiger partial charge on any atom is 0.488 e. The first-order valence-corrected chi connectivity index (χ1v) is 3.94. The van der Waals surface area contributed by atoms with Gasteiger partial charge in [0.2, 0.25) is 5.91 Å². The van der Waals surface area contributed by atoms with E-state index in [1.165, 1.54) is 19.1 Å². The molecule has 0 bridgehead atoms. The maximum absolute atomic E-state index is 13.0. The van der Waals surface area contributed by atoms with E-state index < -0.39 is 18.8 Å². The second kappa shape index (κ2) is 4.21. The molecule has 0 aliphatic rings.